The van der Waals surface area contributed by atoms with Crippen molar-refractivity contribution < 1.29 is 4.79 Å². The van der Waals surface area contributed by atoms with Gasteiger partial charge in [0.05, 0.1) is 22.0 Å². The fourth-order valence-corrected chi connectivity index (χ4v) is 4.34. The van der Waals surface area contributed by atoms with Crippen molar-refractivity contribution in [3.8, 4) is 0 Å². The zero-order valence-corrected chi connectivity index (χ0v) is 17.5. The van der Waals surface area contributed by atoms with Gasteiger partial charge >= 0.3 is 0 Å². The highest BCUT2D eigenvalue weighted by molar-refractivity contribution is 8.00. The molecule has 29 heavy (non-hydrogen) atoms. The second-order valence-corrected chi connectivity index (χ2v) is 8.77. The van der Waals surface area contributed by atoms with Crippen LogP contribution in [0.15, 0.2) is 42.6 Å². The second-order valence-electron chi connectivity index (χ2n) is 7.44. The summed E-state index contributed by atoms with van der Waals surface area (Å²) in [5, 5.41) is 3.15. The predicted molar refractivity (Wildman–Crippen MR) is 119 cm³/mol. The van der Waals surface area contributed by atoms with E-state index in [9.17, 15) is 4.79 Å². The van der Waals surface area contributed by atoms with Crippen molar-refractivity contribution >= 4 is 34.5 Å². The Morgan fingerprint density at radius 1 is 1.24 bits per heavy atom. The number of benzene rings is 1. The van der Waals surface area contributed by atoms with Crippen LogP contribution < -0.4 is 10.2 Å². The molecular formula is C22H27N5OS. The number of piperidine rings is 1. The first-order valence-electron chi connectivity index (χ1n) is 10.2. The number of nitrogens with zero attached hydrogens (tertiary/aromatic N) is 3. The van der Waals surface area contributed by atoms with E-state index in [1.54, 1.807) is 11.8 Å². The molecule has 2 aromatic heterocycles. The van der Waals surface area contributed by atoms with Gasteiger partial charge in [-0.2, -0.15) is 0 Å². The van der Waals surface area contributed by atoms with Gasteiger partial charge in [-0.3, -0.25) is 4.79 Å². The maximum Gasteiger partial charge on any atom is 0.230 e. The fourth-order valence-electron chi connectivity index (χ4n) is 3.56. The van der Waals surface area contributed by atoms with Crippen molar-refractivity contribution in [2.75, 3.05) is 23.7 Å². The molecule has 1 unspecified atom stereocenters. The average Bonchev–Trinajstić information content (AvgIpc) is 3.21. The van der Waals surface area contributed by atoms with Gasteiger partial charge in [-0.05, 0) is 56.0 Å². The minimum atomic E-state index is 0.0364. The van der Waals surface area contributed by atoms with Crippen LogP contribution >= 0.6 is 11.8 Å². The summed E-state index contributed by atoms with van der Waals surface area (Å²) >= 11 is 1.59. The molecule has 152 valence electrons. The first-order valence-corrected chi connectivity index (χ1v) is 11.3. The number of pyridine rings is 1. The molecule has 1 saturated heterocycles. The molecule has 0 aliphatic carbocycles. The molecule has 0 spiro atoms. The van der Waals surface area contributed by atoms with Gasteiger partial charge in [0.1, 0.15) is 11.6 Å². The van der Waals surface area contributed by atoms with Gasteiger partial charge in [0.15, 0.2) is 0 Å². The van der Waals surface area contributed by atoms with Crippen LogP contribution in [0.3, 0.4) is 0 Å². The van der Waals surface area contributed by atoms with E-state index in [1.165, 1.54) is 19.3 Å². The van der Waals surface area contributed by atoms with Crippen LogP contribution in [0.2, 0.25) is 0 Å². The van der Waals surface area contributed by atoms with Crippen LogP contribution in [-0.2, 0) is 11.3 Å². The number of aromatic nitrogens is 3. The average molecular weight is 410 g/mol. The quantitative estimate of drug-likeness (QED) is 0.616. The van der Waals surface area contributed by atoms with E-state index < -0.39 is 0 Å². The van der Waals surface area contributed by atoms with Gasteiger partial charge in [0.2, 0.25) is 5.91 Å². The van der Waals surface area contributed by atoms with Gasteiger partial charge in [-0.25, -0.2) is 9.97 Å². The zero-order chi connectivity index (χ0) is 20.1. The lowest BCUT2D eigenvalue weighted by Crippen LogP contribution is -2.30. The maximum atomic E-state index is 12.3. The molecule has 3 heterocycles. The van der Waals surface area contributed by atoms with Crippen molar-refractivity contribution in [1.82, 2.24) is 20.3 Å². The molecule has 1 atom stereocenters. The summed E-state index contributed by atoms with van der Waals surface area (Å²) in [6.45, 7) is 4.74. The number of fused-ring (bicyclic) bond motifs is 1. The summed E-state index contributed by atoms with van der Waals surface area (Å²) in [4.78, 5) is 27.1. The van der Waals surface area contributed by atoms with Gasteiger partial charge in [0, 0.05) is 25.8 Å². The number of aromatic amines is 1. The predicted octanol–water partition coefficient (Wildman–Crippen LogP) is 4.06. The Morgan fingerprint density at radius 2 is 2.07 bits per heavy atom. The third kappa shape index (κ3) is 5.09. The Balaban J connectivity index is 1.26. The highest BCUT2D eigenvalue weighted by atomic mass is 32.2. The lowest BCUT2D eigenvalue weighted by Gasteiger charge is -2.27. The summed E-state index contributed by atoms with van der Waals surface area (Å²) in [5.41, 5.74) is 3.08. The molecule has 1 aliphatic rings. The number of hydrogen-bond acceptors (Lipinski definition) is 5. The molecule has 3 aromatic rings. The van der Waals surface area contributed by atoms with Crippen LogP contribution in [0, 0.1) is 0 Å². The molecule has 0 radical (unpaired) electrons. The summed E-state index contributed by atoms with van der Waals surface area (Å²) < 4.78 is 0. The number of amides is 1. The van der Waals surface area contributed by atoms with Gasteiger partial charge in [-0.15, -0.1) is 11.8 Å². The van der Waals surface area contributed by atoms with E-state index in [0.717, 1.165) is 41.3 Å². The highest BCUT2D eigenvalue weighted by Gasteiger charge is 2.14. The largest absolute Gasteiger partial charge is 0.357 e. The Bertz CT molecular complexity index is 934. The molecule has 1 amide bonds. The van der Waals surface area contributed by atoms with Crippen LogP contribution in [0.4, 0.5) is 5.82 Å². The topological polar surface area (TPSA) is 73.9 Å². The number of anilines is 1. The first-order chi connectivity index (χ1) is 14.2. The van der Waals surface area contributed by atoms with Gasteiger partial charge < -0.3 is 15.2 Å². The number of nitrogens with one attached hydrogen (secondary N) is 2. The Morgan fingerprint density at radius 3 is 2.90 bits per heavy atom. The van der Waals surface area contributed by atoms with Crippen molar-refractivity contribution in [3.63, 3.8) is 0 Å². The van der Waals surface area contributed by atoms with E-state index in [0.29, 0.717) is 12.3 Å². The zero-order valence-electron chi connectivity index (χ0n) is 16.7. The van der Waals surface area contributed by atoms with Gasteiger partial charge in [-0.1, -0.05) is 12.1 Å². The normalized spacial score (nSPS) is 15.4. The fraction of sp³-hybridized carbons (Fsp3) is 0.409. The molecule has 0 bridgehead atoms. The molecular weight excluding hydrogens is 382 g/mol. The Labute approximate surface area is 175 Å². The number of carbonyl (C=O) groups is 1. The minimum absolute atomic E-state index is 0.0364. The smallest absolute Gasteiger partial charge is 0.230 e. The monoisotopic (exact) mass is 409 g/mol. The third-order valence-corrected chi connectivity index (χ3v) is 6.39. The minimum Gasteiger partial charge on any atom is -0.357 e. The van der Waals surface area contributed by atoms with Crippen molar-refractivity contribution in [1.29, 1.82) is 0 Å². The lowest BCUT2D eigenvalue weighted by atomic mass is 10.1. The molecule has 6 nitrogen and oxygen atoms in total. The van der Waals surface area contributed by atoms with E-state index in [-0.39, 0.29) is 11.2 Å². The lowest BCUT2D eigenvalue weighted by molar-refractivity contribution is -0.118. The van der Waals surface area contributed by atoms with Crippen molar-refractivity contribution in [3.05, 3.63) is 54.0 Å². The summed E-state index contributed by atoms with van der Waals surface area (Å²) in [6, 6.07) is 12.0. The number of H-pyrrole nitrogens is 1. The molecule has 2 N–H and O–H groups in total. The number of hydrogen-bond donors (Lipinski definition) is 2. The first kappa shape index (κ1) is 19.8. The number of para-hydroxylation sites is 2. The Kier molecular flexibility index (Phi) is 6.34. The molecule has 4 rings (SSSR count). The SMILES string of the molecule is CC(SCC(=O)NCc1ccnc(N2CCCCC2)c1)c1nc2ccccc2[nH]1. The van der Waals surface area contributed by atoms with Crippen LogP contribution in [0.25, 0.3) is 11.0 Å². The number of imidazole rings is 1. The number of carbonyl (C=O) groups excluding carboxylic acids is 1. The van der Waals surface area contributed by atoms with Crippen LogP contribution in [0.5, 0.6) is 0 Å². The van der Waals surface area contributed by atoms with E-state index >= 15 is 0 Å². The highest BCUT2D eigenvalue weighted by Crippen LogP contribution is 2.27. The summed E-state index contributed by atoms with van der Waals surface area (Å²) in [6.07, 6.45) is 5.59. The third-order valence-electron chi connectivity index (χ3n) is 5.24. The molecule has 7 heteroatoms. The molecule has 1 aromatic carbocycles. The maximum absolute atomic E-state index is 12.3. The van der Waals surface area contributed by atoms with E-state index in [1.807, 2.05) is 36.5 Å². The molecule has 0 saturated carbocycles. The van der Waals surface area contributed by atoms with Gasteiger partial charge in [0.25, 0.3) is 0 Å². The second kappa shape index (κ2) is 9.31. The number of thioether (sulfide) groups is 1. The van der Waals surface area contributed by atoms with Crippen molar-refractivity contribution in [2.24, 2.45) is 0 Å². The van der Waals surface area contributed by atoms with E-state index in [2.05, 4.69) is 38.2 Å². The Hall–Kier alpha value is -2.54. The van der Waals surface area contributed by atoms with Crippen LogP contribution in [0.1, 0.15) is 42.8 Å². The molecule has 1 aliphatic heterocycles. The standard InChI is InChI=1S/C22H27N5OS/c1-16(22-25-18-7-3-4-8-19(18)26-22)29-15-21(28)24-14-17-9-10-23-20(13-17)27-11-5-2-6-12-27/h3-4,7-10,13,16H,2,5-6,11-12,14-15H2,1H3,(H,24,28)(H,25,26). The summed E-state index contributed by atoms with van der Waals surface area (Å²) in [7, 11) is 0. The summed E-state index contributed by atoms with van der Waals surface area (Å²) in [5.74, 6) is 2.37. The number of rotatable bonds is 7. The van der Waals surface area contributed by atoms with Crippen LogP contribution in [-0.4, -0.2) is 39.7 Å². The van der Waals surface area contributed by atoms with Crippen molar-refractivity contribution in [2.45, 2.75) is 38.0 Å². The molecule has 1 fully saturated rings. The van der Waals surface area contributed by atoms with E-state index in [4.69, 9.17) is 0 Å².